The van der Waals surface area contributed by atoms with Gasteiger partial charge in [-0.1, -0.05) is 57.2 Å². The van der Waals surface area contributed by atoms with E-state index < -0.39 is 29.3 Å². The van der Waals surface area contributed by atoms with Gasteiger partial charge in [-0.3, -0.25) is 24.0 Å². The van der Waals surface area contributed by atoms with Gasteiger partial charge in [0.1, 0.15) is 0 Å². The summed E-state index contributed by atoms with van der Waals surface area (Å²) in [6, 6.07) is 11.3. The smallest absolute Gasteiger partial charge is 0.309 e. The Bertz CT molecular complexity index is 1250. The number of hydrogen-bond acceptors (Lipinski definition) is 6. The minimum Gasteiger partial charge on any atom is -0.452 e. The summed E-state index contributed by atoms with van der Waals surface area (Å²) in [4.78, 5) is 65.8. The van der Waals surface area contributed by atoms with Gasteiger partial charge in [0.15, 0.2) is 17.7 Å². The molecule has 1 N–H and O–H groups in total. The second kappa shape index (κ2) is 9.68. The molecule has 2 amide bonds. The Kier molecular flexibility index (Phi) is 6.80. The molecule has 36 heavy (non-hydrogen) atoms. The van der Waals surface area contributed by atoms with Gasteiger partial charge in [0.2, 0.25) is 5.91 Å². The number of rotatable bonds is 4. The molecule has 1 unspecified atom stereocenters. The topological polar surface area (TPSA) is 110 Å². The fourth-order valence-corrected chi connectivity index (χ4v) is 4.60. The summed E-state index contributed by atoms with van der Waals surface area (Å²) in [5.41, 5.74) is 0.678. The number of carbonyl (C=O) groups excluding carboxylic acids is 5. The maximum Gasteiger partial charge on any atom is 0.309 e. The summed E-state index contributed by atoms with van der Waals surface area (Å²) in [6.45, 7) is 7.98. The first-order valence-corrected chi connectivity index (χ1v) is 12.1. The van der Waals surface area contributed by atoms with Crippen molar-refractivity contribution in [2.24, 2.45) is 11.3 Å². The molecule has 0 bridgehead atoms. The number of amides is 2. The second-order valence-electron chi connectivity index (χ2n) is 10.3. The number of hydrogen-bond donors (Lipinski definition) is 1. The monoisotopic (exact) mass is 490 g/mol. The van der Waals surface area contributed by atoms with Crippen molar-refractivity contribution < 1.29 is 28.7 Å². The highest BCUT2D eigenvalue weighted by atomic mass is 16.5. The van der Waals surface area contributed by atoms with Crippen LogP contribution in [0.5, 0.6) is 0 Å². The van der Waals surface area contributed by atoms with Crippen LogP contribution < -0.4 is 5.32 Å². The maximum atomic E-state index is 13.1. The van der Waals surface area contributed by atoms with Gasteiger partial charge in [0, 0.05) is 35.2 Å². The number of anilines is 1. The Morgan fingerprint density at radius 2 is 1.50 bits per heavy atom. The van der Waals surface area contributed by atoms with E-state index in [1.54, 1.807) is 47.4 Å². The predicted octanol–water partition coefficient (Wildman–Crippen LogP) is 3.62. The van der Waals surface area contributed by atoms with Gasteiger partial charge >= 0.3 is 5.97 Å². The summed E-state index contributed by atoms with van der Waals surface area (Å²) >= 11 is 0. The number of benzene rings is 2. The molecule has 0 radical (unpaired) electrons. The van der Waals surface area contributed by atoms with Crippen molar-refractivity contribution >= 4 is 35.0 Å². The van der Waals surface area contributed by atoms with Crippen molar-refractivity contribution in [3.05, 3.63) is 64.7 Å². The minimum atomic E-state index is -1.11. The molecule has 1 fully saturated rings. The first-order chi connectivity index (χ1) is 17.0. The molecule has 2 aromatic rings. The van der Waals surface area contributed by atoms with Gasteiger partial charge in [-0.05, 0) is 25.8 Å². The van der Waals surface area contributed by atoms with Crippen molar-refractivity contribution in [3.8, 4) is 0 Å². The molecule has 4 rings (SSSR count). The van der Waals surface area contributed by atoms with E-state index in [0.717, 1.165) is 0 Å². The molecule has 2 aromatic carbocycles. The maximum absolute atomic E-state index is 13.1. The summed E-state index contributed by atoms with van der Waals surface area (Å²) in [5.74, 6) is -2.08. The molecule has 1 aliphatic heterocycles. The molecule has 188 valence electrons. The molecular formula is C28H30N2O6. The van der Waals surface area contributed by atoms with Crippen molar-refractivity contribution in [3.63, 3.8) is 0 Å². The van der Waals surface area contributed by atoms with Gasteiger partial charge < -0.3 is 15.0 Å². The van der Waals surface area contributed by atoms with Crippen LogP contribution in [0.15, 0.2) is 42.5 Å². The number of nitrogens with zero attached hydrogens (tertiary/aromatic N) is 1. The Balaban J connectivity index is 1.40. The highest BCUT2D eigenvalue weighted by Crippen LogP contribution is 2.32. The molecule has 1 saturated heterocycles. The van der Waals surface area contributed by atoms with Crippen LogP contribution in [0.3, 0.4) is 0 Å². The van der Waals surface area contributed by atoms with E-state index in [1.165, 1.54) is 6.92 Å². The molecule has 0 spiro atoms. The van der Waals surface area contributed by atoms with E-state index in [4.69, 9.17) is 4.74 Å². The first kappa shape index (κ1) is 25.3. The average Bonchev–Trinajstić information content (AvgIpc) is 2.86. The Labute approximate surface area is 210 Å². The summed E-state index contributed by atoms with van der Waals surface area (Å²) in [7, 11) is 0. The number of esters is 1. The zero-order valence-corrected chi connectivity index (χ0v) is 20.9. The zero-order chi connectivity index (χ0) is 26.2. The van der Waals surface area contributed by atoms with Gasteiger partial charge in [-0.15, -0.1) is 0 Å². The Hall–Kier alpha value is -3.81. The second-order valence-corrected chi connectivity index (χ2v) is 10.3. The highest BCUT2D eigenvalue weighted by molar-refractivity contribution is 6.30. The van der Waals surface area contributed by atoms with Crippen molar-refractivity contribution in [1.82, 2.24) is 4.90 Å². The van der Waals surface area contributed by atoms with E-state index >= 15 is 0 Å². The van der Waals surface area contributed by atoms with Crippen molar-refractivity contribution in [2.75, 3.05) is 18.4 Å². The van der Waals surface area contributed by atoms with Crippen LogP contribution in [0.25, 0.3) is 0 Å². The average molecular weight is 491 g/mol. The minimum absolute atomic E-state index is 0.0453. The number of piperidine rings is 1. The van der Waals surface area contributed by atoms with E-state index in [9.17, 15) is 24.0 Å². The molecule has 0 saturated carbocycles. The highest BCUT2D eigenvalue weighted by Gasteiger charge is 2.35. The SMILES string of the molecule is CC(OC(=O)C1CCN(C(=O)C(C)(C)C)CC1)C(=O)Nc1cccc2c1C(=O)c1ccccc1C2=O. The normalized spacial score (nSPS) is 16.6. The molecule has 8 heteroatoms. The van der Waals surface area contributed by atoms with Crippen LogP contribution in [-0.4, -0.2) is 53.4 Å². The van der Waals surface area contributed by atoms with Crippen LogP contribution in [0.2, 0.25) is 0 Å². The predicted molar refractivity (Wildman–Crippen MR) is 133 cm³/mol. The van der Waals surface area contributed by atoms with E-state index in [1.807, 2.05) is 20.8 Å². The number of nitrogens with one attached hydrogen (secondary N) is 1. The van der Waals surface area contributed by atoms with Crippen LogP contribution in [0.4, 0.5) is 5.69 Å². The quantitative estimate of drug-likeness (QED) is 0.560. The number of likely N-dealkylation sites (tertiary alicyclic amines) is 1. The molecule has 8 nitrogen and oxygen atoms in total. The third-order valence-electron chi connectivity index (χ3n) is 6.63. The fraction of sp³-hybridized carbons (Fsp3) is 0.393. The standard InChI is InChI=1S/C28H30N2O6/c1-16(36-26(34)17-12-14-30(15-13-17)27(35)28(2,3)4)25(33)29-21-11-7-10-20-22(21)24(32)19-9-6-5-8-18(19)23(20)31/h5-11,16-17H,12-15H2,1-4H3,(H,29,33). The van der Waals surface area contributed by atoms with Crippen LogP contribution in [0, 0.1) is 11.3 Å². The summed E-state index contributed by atoms with van der Waals surface area (Å²) < 4.78 is 5.43. The van der Waals surface area contributed by atoms with E-state index in [0.29, 0.717) is 31.5 Å². The molecule has 2 aliphatic rings. The van der Waals surface area contributed by atoms with Crippen LogP contribution in [0.1, 0.15) is 72.4 Å². The lowest BCUT2D eigenvalue weighted by molar-refractivity contribution is -0.160. The number of carbonyl (C=O) groups is 5. The van der Waals surface area contributed by atoms with Gasteiger partial charge in [0.05, 0.1) is 17.2 Å². The molecular weight excluding hydrogens is 460 g/mol. The lowest BCUT2D eigenvalue weighted by Gasteiger charge is -2.35. The Morgan fingerprint density at radius 1 is 0.917 bits per heavy atom. The number of fused-ring (bicyclic) bond motifs is 2. The summed E-state index contributed by atoms with van der Waals surface area (Å²) in [6.07, 6.45) is -0.168. The summed E-state index contributed by atoms with van der Waals surface area (Å²) in [5, 5.41) is 2.66. The van der Waals surface area contributed by atoms with E-state index in [-0.39, 0.29) is 39.9 Å². The zero-order valence-electron chi connectivity index (χ0n) is 20.9. The van der Waals surface area contributed by atoms with E-state index in [2.05, 4.69) is 5.32 Å². The molecule has 1 heterocycles. The first-order valence-electron chi connectivity index (χ1n) is 12.1. The van der Waals surface area contributed by atoms with Crippen molar-refractivity contribution in [1.29, 1.82) is 0 Å². The molecule has 1 aliphatic carbocycles. The fourth-order valence-electron chi connectivity index (χ4n) is 4.60. The Morgan fingerprint density at radius 3 is 2.11 bits per heavy atom. The van der Waals surface area contributed by atoms with Crippen molar-refractivity contribution in [2.45, 2.75) is 46.6 Å². The number of ether oxygens (including phenoxy) is 1. The van der Waals surface area contributed by atoms with Gasteiger partial charge in [-0.2, -0.15) is 0 Å². The third kappa shape index (κ3) is 4.80. The third-order valence-corrected chi connectivity index (χ3v) is 6.63. The van der Waals surface area contributed by atoms with Crippen LogP contribution >= 0.6 is 0 Å². The lowest BCUT2D eigenvalue weighted by Crippen LogP contribution is -2.45. The molecule has 0 aromatic heterocycles. The van der Waals surface area contributed by atoms with Gasteiger partial charge in [0.25, 0.3) is 5.91 Å². The lowest BCUT2D eigenvalue weighted by atomic mass is 9.83. The number of ketones is 2. The largest absolute Gasteiger partial charge is 0.452 e. The van der Waals surface area contributed by atoms with Gasteiger partial charge in [-0.25, -0.2) is 0 Å². The molecule has 1 atom stereocenters. The van der Waals surface area contributed by atoms with Crippen LogP contribution in [-0.2, 0) is 19.1 Å².